The summed E-state index contributed by atoms with van der Waals surface area (Å²) in [5, 5.41) is 17.4. The highest BCUT2D eigenvalue weighted by molar-refractivity contribution is 5.93. The van der Waals surface area contributed by atoms with Gasteiger partial charge in [-0.3, -0.25) is 14.7 Å². The molecule has 0 radical (unpaired) electrons. The number of carbonyl (C=O) groups is 3. The molecule has 3 N–H and O–H groups in total. The number of ether oxygens (including phenoxy) is 1. The largest absolute Gasteiger partial charge is 0.490 e. The van der Waals surface area contributed by atoms with Gasteiger partial charge in [0.25, 0.3) is 5.91 Å². The number of alkyl halides is 6. The molecule has 3 atom stereocenters. The number of hydrogen-bond acceptors (Lipinski definition) is 6. The number of aromatic nitrogens is 2. The summed E-state index contributed by atoms with van der Waals surface area (Å²) in [6.07, 6.45) is -2.36. The molecule has 0 unspecified atom stereocenters. The van der Waals surface area contributed by atoms with Gasteiger partial charge in [-0.1, -0.05) is 0 Å². The summed E-state index contributed by atoms with van der Waals surface area (Å²) in [5.41, 5.74) is 1.92. The normalized spacial score (nSPS) is 20.9. The number of rotatable bonds is 4. The average molecular weight is 568 g/mol. The Morgan fingerprint density at radius 2 is 1.62 bits per heavy atom. The highest BCUT2D eigenvalue weighted by atomic mass is 19.4. The Kier molecular flexibility index (Phi) is 10.9. The molecule has 0 aromatic carbocycles. The molecular weight excluding hydrogens is 542 g/mol. The minimum Gasteiger partial charge on any atom is -0.475 e. The first kappa shape index (κ1) is 31.6. The molecule has 2 aliphatic heterocycles. The summed E-state index contributed by atoms with van der Waals surface area (Å²) in [6.45, 7) is 2.46. The van der Waals surface area contributed by atoms with Gasteiger partial charge in [-0.05, 0) is 42.7 Å². The molecule has 0 spiro atoms. The van der Waals surface area contributed by atoms with Crippen molar-refractivity contribution in [2.45, 2.75) is 49.9 Å². The Bertz CT molecular complexity index is 1080. The number of nitrogens with zero attached hydrogens (tertiary/aromatic N) is 3. The smallest absolute Gasteiger partial charge is 0.475 e. The SMILES string of the molecule is Cn1cccc1C(=O)N[C@@H]1CN(Cc2ccncc2)[C@@H]2CCCO[C@@H]21.O=C(O)C(F)(F)F.O=C(O)C(F)(F)F. The average Bonchev–Trinajstić information content (AvgIpc) is 3.43. The molecule has 2 aromatic rings. The number of pyridine rings is 1. The molecule has 16 heteroatoms. The van der Waals surface area contributed by atoms with Gasteiger partial charge in [0.05, 0.1) is 12.1 Å². The number of halogens is 6. The molecule has 4 heterocycles. The topological polar surface area (TPSA) is 134 Å². The van der Waals surface area contributed by atoms with Crippen LogP contribution in [0.5, 0.6) is 0 Å². The Labute approximate surface area is 218 Å². The molecule has 39 heavy (non-hydrogen) atoms. The van der Waals surface area contributed by atoms with Crippen molar-refractivity contribution < 1.29 is 55.7 Å². The Morgan fingerprint density at radius 3 is 2.10 bits per heavy atom. The maximum Gasteiger partial charge on any atom is 0.490 e. The van der Waals surface area contributed by atoms with Crippen LogP contribution in [-0.4, -0.2) is 86.2 Å². The predicted octanol–water partition coefficient (Wildman–Crippen LogP) is 2.85. The van der Waals surface area contributed by atoms with Gasteiger partial charge in [0.2, 0.25) is 0 Å². The molecular formula is C23H26F6N4O6. The zero-order valence-electron chi connectivity index (χ0n) is 20.4. The Morgan fingerprint density at radius 1 is 1.05 bits per heavy atom. The van der Waals surface area contributed by atoms with Crippen molar-refractivity contribution in [3.8, 4) is 0 Å². The van der Waals surface area contributed by atoms with E-state index in [-0.39, 0.29) is 18.1 Å². The van der Waals surface area contributed by atoms with Crippen molar-refractivity contribution >= 4 is 17.8 Å². The van der Waals surface area contributed by atoms with E-state index in [1.807, 2.05) is 42.3 Å². The number of nitrogens with one attached hydrogen (secondary N) is 1. The first-order chi connectivity index (χ1) is 18.1. The molecule has 4 rings (SSSR count). The molecule has 2 saturated heterocycles. The molecule has 2 aliphatic rings. The fourth-order valence-corrected chi connectivity index (χ4v) is 4.03. The first-order valence-electron chi connectivity index (χ1n) is 11.4. The van der Waals surface area contributed by atoms with E-state index in [2.05, 4.69) is 27.3 Å². The van der Waals surface area contributed by atoms with Crippen LogP contribution >= 0.6 is 0 Å². The Hall–Kier alpha value is -3.66. The lowest BCUT2D eigenvalue weighted by Crippen LogP contribution is -2.47. The van der Waals surface area contributed by atoms with Crippen LogP contribution in [0.3, 0.4) is 0 Å². The Balaban J connectivity index is 0.000000317. The van der Waals surface area contributed by atoms with Crippen LogP contribution in [0, 0.1) is 0 Å². The van der Waals surface area contributed by atoms with Gasteiger partial charge in [-0.2, -0.15) is 26.3 Å². The van der Waals surface area contributed by atoms with Crippen LogP contribution in [0.2, 0.25) is 0 Å². The van der Waals surface area contributed by atoms with Crippen LogP contribution in [0.1, 0.15) is 28.9 Å². The molecule has 0 aliphatic carbocycles. The summed E-state index contributed by atoms with van der Waals surface area (Å²) in [4.78, 5) is 36.9. The zero-order chi connectivity index (χ0) is 29.4. The molecule has 216 valence electrons. The van der Waals surface area contributed by atoms with E-state index < -0.39 is 24.3 Å². The summed E-state index contributed by atoms with van der Waals surface area (Å²) in [6, 6.07) is 8.22. The van der Waals surface area contributed by atoms with Gasteiger partial charge >= 0.3 is 24.3 Å². The van der Waals surface area contributed by atoms with Gasteiger partial charge in [0.1, 0.15) is 5.69 Å². The van der Waals surface area contributed by atoms with E-state index >= 15 is 0 Å². The fraction of sp³-hybridized carbons (Fsp3) is 0.478. The number of aliphatic carboxylic acids is 2. The third kappa shape index (κ3) is 9.55. The summed E-state index contributed by atoms with van der Waals surface area (Å²) in [7, 11) is 1.89. The quantitative estimate of drug-likeness (QED) is 0.480. The third-order valence-corrected chi connectivity index (χ3v) is 5.74. The van der Waals surface area contributed by atoms with Crippen LogP contribution in [0.4, 0.5) is 26.3 Å². The fourth-order valence-electron chi connectivity index (χ4n) is 4.03. The highest BCUT2D eigenvalue weighted by Crippen LogP contribution is 2.30. The number of carbonyl (C=O) groups excluding carboxylic acids is 1. The van der Waals surface area contributed by atoms with Crippen molar-refractivity contribution in [1.82, 2.24) is 19.8 Å². The maximum atomic E-state index is 12.6. The van der Waals surface area contributed by atoms with Gasteiger partial charge in [-0.15, -0.1) is 0 Å². The highest BCUT2D eigenvalue weighted by Gasteiger charge is 2.44. The van der Waals surface area contributed by atoms with Crippen molar-refractivity contribution in [3.63, 3.8) is 0 Å². The van der Waals surface area contributed by atoms with Crippen molar-refractivity contribution in [1.29, 1.82) is 0 Å². The monoisotopic (exact) mass is 568 g/mol. The number of likely N-dealkylation sites (tertiary alicyclic amines) is 1. The molecule has 1 amide bonds. The van der Waals surface area contributed by atoms with Crippen molar-refractivity contribution in [2.24, 2.45) is 7.05 Å². The van der Waals surface area contributed by atoms with E-state index in [0.717, 1.165) is 32.5 Å². The number of hydrogen-bond donors (Lipinski definition) is 3. The zero-order valence-corrected chi connectivity index (χ0v) is 20.4. The summed E-state index contributed by atoms with van der Waals surface area (Å²) in [5.74, 6) is -5.55. The maximum absolute atomic E-state index is 12.6. The van der Waals surface area contributed by atoms with Gasteiger partial charge < -0.3 is 24.8 Å². The van der Waals surface area contributed by atoms with Gasteiger partial charge in [-0.25, -0.2) is 9.59 Å². The minimum atomic E-state index is -5.08. The van der Waals surface area contributed by atoms with E-state index in [1.54, 1.807) is 0 Å². The minimum absolute atomic E-state index is 0.0227. The summed E-state index contributed by atoms with van der Waals surface area (Å²) < 4.78 is 71.4. The number of carboxylic acids is 2. The molecule has 0 bridgehead atoms. The van der Waals surface area contributed by atoms with Crippen LogP contribution < -0.4 is 5.32 Å². The molecule has 10 nitrogen and oxygen atoms in total. The number of fused-ring (bicyclic) bond motifs is 1. The van der Waals surface area contributed by atoms with E-state index in [0.29, 0.717) is 11.7 Å². The lowest BCUT2D eigenvalue weighted by molar-refractivity contribution is -0.193. The number of carboxylic acid groups (broad SMARTS) is 2. The molecule has 2 fully saturated rings. The second-order valence-electron chi connectivity index (χ2n) is 8.52. The number of aryl methyl sites for hydroxylation is 1. The molecule has 0 saturated carbocycles. The van der Waals surface area contributed by atoms with E-state index in [4.69, 9.17) is 24.5 Å². The van der Waals surface area contributed by atoms with Gasteiger partial charge in [0.15, 0.2) is 0 Å². The second kappa shape index (κ2) is 13.4. The molecule has 2 aromatic heterocycles. The first-order valence-corrected chi connectivity index (χ1v) is 11.4. The lowest BCUT2D eigenvalue weighted by Gasteiger charge is -2.32. The van der Waals surface area contributed by atoms with Crippen LogP contribution in [0.15, 0.2) is 42.9 Å². The second-order valence-corrected chi connectivity index (χ2v) is 8.52. The van der Waals surface area contributed by atoms with E-state index in [9.17, 15) is 31.1 Å². The van der Waals surface area contributed by atoms with E-state index in [1.165, 1.54) is 5.56 Å². The standard InChI is InChI=1S/C19H24N4O2.2C2HF3O2/c1-22-10-2-4-17(22)19(24)21-15-13-23(12-14-6-8-20-9-7-14)16-5-3-11-25-18(15)16;2*3-2(4,5)1(6)7/h2,4,6-10,15-16,18H,3,5,11-13H2,1H3,(H,21,24);2*(H,6,7)/t15-,16-,18-;;/m1../s1. The third-order valence-electron chi connectivity index (χ3n) is 5.74. The summed E-state index contributed by atoms with van der Waals surface area (Å²) >= 11 is 0. The predicted molar refractivity (Wildman–Crippen MR) is 121 cm³/mol. The number of amides is 1. The van der Waals surface area contributed by atoms with Crippen LogP contribution in [0.25, 0.3) is 0 Å². The lowest BCUT2D eigenvalue weighted by atomic mass is 10.0. The van der Waals surface area contributed by atoms with Crippen molar-refractivity contribution in [3.05, 3.63) is 54.1 Å². The van der Waals surface area contributed by atoms with Crippen molar-refractivity contribution in [2.75, 3.05) is 13.2 Å². The van der Waals surface area contributed by atoms with Crippen LogP contribution in [-0.2, 0) is 27.9 Å². The van der Waals surface area contributed by atoms with Gasteiger partial charge in [0, 0.05) is 51.4 Å².